The fourth-order valence-corrected chi connectivity index (χ4v) is 3.38. The van der Waals surface area contributed by atoms with E-state index in [9.17, 15) is 9.59 Å². The third-order valence-corrected chi connectivity index (χ3v) is 4.72. The number of rotatable bonds is 3. The Morgan fingerprint density at radius 1 is 1.16 bits per heavy atom. The first kappa shape index (κ1) is 17.0. The lowest BCUT2D eigenvalue weighted by atomic mass is 9.91. The summed E-state index contributed by atoms with van der Waals surface area (Å²) in [6, 6.07) is 14.9. The Hall–Kier alpha value is -2.82. The first-order chi connectivity index (χ1) is 12.1. The van der Waals surface area contributed by atoms with Crippen molar-refractivity contribution in [1.82, 2.24) is 5.32 Å². The largest absolute Gasteiger partial charge is 0.399 e. The molecular weight excluding hydrogens is 314 g/mol. The van der Waals surface area contributed by atoms with E-state index >= 15 is 0 Å². The van der Waals surface area contributed by atoms with Crippen molar-refractivity contribution in [3.63, 3.8) is 0 Å². The van der Waals surface area contributed by atoms with E-state index in [1.165, 1.54) is 0 Å². The van der Waals surface area contributed by atoms with Crippen molar-refractivity contribution in [2.75, 3.05) is 24.2 Å². The zero-order valence-electron chi connectivity index (χ0n) is 14.4. The van der Waals surface area contributed by atoms with E-state index in [4.69, 9.17) is 5.73 Å². The maximum Gasteiger partial charge on any atom is 0.258 e. The van der Waals surface area contributed by atoms with E-state index in [0.29, 0.717) is 24.2 Å². The van der Waals surface area contributed by atoms with Crippen LogP contribution in [0.1, 0.15) is 41.1 Å². The third kappa shape index (κ3) is 3.65. The van der Waals surface area contributed by atoms with Gasteiger partial charge in [-0.25, -0.2) is 0 Å². The number of benzene rings is 2. The van der Waals surface area contributed by atoms with Gasteiger partial charge in [0.1, 0.15) is 0 Å². The highest BCUT2D eigenvalue weighted by Crippen LogP contribution is 2.36. The van der Waals surface area contributed by atoms with Gasteiger partial charge in [-0.15, -0.1) is 0 Å². The Morgan fingerprint density at radius 2 is 1.88 bits per heavy atom. The molecule has 0 aliphatic carbocycles. The molecule has 130 valence electrons. The van der Waals surface area contributed by atoms with Gasteiger partial charge in [0.2, 0.25) is 5.91 Å². The van der Waals surface area contributed by atoms with Crippen molar-refractivity contribution in [3.05, 3.63) is 59.7 Å². The second-order valence-electron chi connectivity index (χ2n) is 6.35. The normalized spacial score (nSPS) is 16.7. The van der Waals surface area contributed by atoms with Gasteiger partial charge in [-0.05, 0) is 54.7 Å². The Bertz CT molecular complexity index is 771. The van der Waals surface area contributed by atoms with Crippen molar-refractivity contribution >= 4 is 23.2 Å². The Kier molecular flexibility index (Phi) is 5.03. The summed E-state index contributed by atoms with van der Waals surface area (Å²) in [5.41, 5.74) is 8.94. The molecule has 5 heteroatoms. The van der Waals surface area contributed by atoms with Gasteiger partial charge < -0.3 is 16.0 Å². The maximum atomic E-state index is 13.0. The lowest BCUT2D eigenvalue weighted by Gasteiger charge is -2.24. The zero-order chi connectivity index (χ0) is 17.8. The summed E-state index contributed by atoms with van der Waals surface area (Å²) in [7, 11) is 1.65. The van der Waals surface area contributed by atoms with Crippen molar-refractivity contribution in [2.45, 2.75) is 25.2 Å². The molecule has 5 nitrogen and oxygen atoms in total. The second-order valence-corrected chi connectivity index (χ2v) is 6.35. The summed E-state index contributed by atoms with van der Waals surface area (Å²) < 4.78 is 0. The van der Waals surface area contributed by atoms with Crippen LogP contribution in [0.2, 0.25) is 0 Å². The van der Waals surface area contributed by atoms with E-state index in [2.05, 4.69) is 5.32 Å². The van der Waals surface area contributed by atoms with E-state index < -0.39 is 0 Å². The van der Waals surface area contributed by atoms with Crippen LogP contribution in [-0.4, -0.2) is 25.4 Å². The Labute approximate surface area is 147 Å². The number of nitrogens with two attached hydrogens (primary N) is 1. The van der Waals surface area contributed by atoms with Gasteiger partial charge in [0, 0.05) is 37.0 Å². The fraction of sp³-hybridized carbons (Fsp3) is 0.300. The lowest BCUT2D eigenvalue weighted by molar-refractivity contribution is -0.121. The number of hydrogen-bond acceptors (Lipinski definition) is 3. The van der Waals surface area contributed by atoms with Gasteiger partial charge in [0.25, 0.3) is 5.91 Å². The molecule has 3 rings (SSSR count). The number of amides is 2. The number of carbonyl (C=O) groups excluding carboxylic acids is 2. The minimum Gasteiger partial charge on any atom is -0.399 e. The number of nitrogen functional groups attached to an aromatic ring is 1. The number of nitrogens with zero attached hydrogens (tertiary/aromatic N) is 1. The molecule has 0 saturated heterocycles. The number of para-hydroxylation sites is 1. The van der Waals surface area contributed by atoms with Crippen LogP contribution in [0, 0.1) is 0 Å². The molecule has 0 fully saturated rings. The molecule has 1 atom stereocenters. The number of nitrogens with one attached hydrogen (secondary N) is 1. The van der Waals surface area contributed by atoms with Gasteiger partial charge in [-0.2, -0.15) is 0 Å². The number of anilines is 2. The monoisotopic (exact) mass is 337 g/mol. The second kappa shape index (κ2) is 7.38. The molecule has 1 unspecified atom stereocenters. The molecule has 2 amide bonds. The molecule has 1 heterocycles. The minimum atomic E-state index is -0.0342. The maximum absolute atomic E-state index is 13.0. The van der Waals surface area contributed by atoms with Gasteiger partial charge >= 0.3 is 0 Å². The molecule has 0 radical (unpaired) electrons. The molecule has 1 aliphatic rings. The van der Waals surface area contributed by atoms with Crippen LogP contribution >= 0.6 is 0 Å². The molecule has 0 bridgehead atoms. The number of carbonyl (C=O) groups is 2. The fourth-order valence-electron chi connectivity index (χ4n) is 3.38. The predicted molar refractivity (Wildman–Crippen MR) is 99.6 cm³/mol. The van der Waals surface area contributed by atoms with E-state index in [1.54, 1.807) is 31.3 Å². The molecule has 0 aromatic heterocycles. The summed E-state index contributed by atoms with van der Waals surface area (Å²) in [6.45, 7) is 0.643. The molecule has 0 spiro atoms. The quantitative estimate of drug-likeness (QED) is 0.846. The standard InChI is InChI=1S/C20H23N3O2/c1-22-19(24)13-15-5-4-12-23(18-7-3-2-6-17(15)18)20(25)14-8-10-16(21)11-9-14/h2-3,6-11,15H,4-5,12-13,21H2,1H3,(H,22,24). The summed E-state index contributed by atoms with van der Waals surface area (Å²) in [5, 5.41) is 2.70. The van der Waals surface area contributed by atoms with E-state index in [0.717, 1.165) is 24.1 Å². The molecule has 0 saturated carbocycles. The lowest BCUT2D eigenvalue weighted by Crippen LogP contribution is -2.31. The molecular formula is C20H23N3O2. The Balaban J connectivity index is 1.94. The van der Waals surface area contributed by atoms with Crippen molar-refractivity contribution in [2.24, 2.45) is 0 Å². The first-order valence-electron chi connectivity index (χ1n) is 8.57. The summed E-state index contributed by atoms with van der Waals surface area (Å²) in [4.78, 5) is 26.7. The van der Waals surface area contributed by atoms with Gasteiger partial charge in [-0.1, -0.05) is 18.2 Å². The zero-order valence-corrected chi connectivity index (χ0v) is 14.4. The van der Waals surface area contributed by atoms with Crippen molar-refractivity contribution in [3.8, 4) is 0 Å². The smallest absolute Gasteiger partial charge is 0.258 e. The number of hydrogen-bond donors (Lipinski definition) is 2. The predicted octanol–water partition coefficient (Wildman–Crippen LogP) is 2.93. The van der Waals surface area contributed by atoms with E-state index in [-0.39, 0.29) is 17.7 Å². The number of fused-ring (bicyclic) bond motifs is 1. The van der Waals surface area contributed by atoms with E-state index in [1.807, 2.05) is 29.2 Å². The van der Waals surface area contributed by atoms with Crippen LogP contribution in [-0.2, 0) is 4.79 Å². The summed E-state index contributed by atoms with van der Waals surface area (Å²) >= 11 is 0. The molecule has 25 heavy (non-hydrogen) atoms. The minimum absolute atomic E-state index is 0.0260. The topological polar surface area (TPSA) is 75.4 Å². The molecule has 3 N–H and O–H groups in total. The van der Waals surface area contributed by atoms with Crippen LogP contribution in [0.3, 0.4) is 0 Å². The van der Waals surface area contributed by atoms with Gasteiger partial charge in [0.05, 0.1) is 0 Å². The molecule has 1 aliphatic heterocycles. The molecule has 2 aromatic rings. The average molecular weight is 337 g/mol. The summed E-state index contributed by atoms with van der Waals surface area (Å²) in [6.07, 6.45) is 2.18. The van der Waals surface area contributed by atoms with Gasteiger partial charge in [-0.3, -0.25) is 9.59 Å². The van der Waals surface area contributed by atoms with Crippen molar-refractivity contribution in [1.29, 1.82) is 0 Å². The first-order valence-corrected chi connectivity index (χ1v) is 8.57. The van der Waals surface area contributed by atoms with Crippen molar-refractivity contribution < 1.29 is 9.59 Å². The SMILES string of the molecule is CNC(=O)CC1CCCN(C(=O)c2ccc(N)cc2)c2ccccc21. The highest BCUT2D eigenvalue weighted by molar-refractivity contribution is 6.06. The van der Waals surface area contributed by atoms with Crippen LogP contribution in [0.15, 0.2) is 48.5 Å². The van der Waals surface area contributed by atoms with Crippen LogP contribution in [0.4, 0.5) is 11.4 Å². The van der Waals surface area contributed by atoms with Crippen LogP contribution < -0.4 is 16.0 Å². The highest BCUT2D eigenvalue weighted by atomic mass is 16.2. The highest BCUT2D eigenvalue weighted by Gasteiger charge is 2.27. The molecule has 2 aromatic carbocycles. The van der Waals surface area contributed by atoms with Gasteiger partial charge in [0.15, 0.2) is 0 Å². The third-order valence-electron chi connectivity index (χ3n) is 4.72. The average Bonchev–Trinajstić information content (AvgIpc) is 2.81. The summed E-state index contributed by atoms with van der Waals surface area (Å²) in [5.74, 6) is 0.117. The Morgan fingerprint density at radius 3 is 2.60 bits per heavy atom. The van der Waals surface area contributed by atoms with Crippen LogP contribution in [0.25, 0.3) is 0 Å². The van der Waals surface area contributed by atoms with Crippen LogP contribution in [0.5, 0.6) is 0 Å².